The van der Waals surface area contributed by atoms with E-state index in [0.717, 1.165) is 11.8 Å². The summed E-state index contributed by atoms with van der Waals surface area (Å²) < 4.78 is 0. The third kappa shape index (κ3) is 0.492. The van der Waals surface area contributed by atoms with Crippen molar-refractivity contribution in [2.45, 2.75) is 38.5 Å². The maximum Gasteiger partial charge on any atom is -0.0200 e. The fraction of sp³-hybridized carbons (Fsp3) is 0.800. The summed E-state index contributed by atoms with van der Waals surface area (Å²) in [4.78, 5) is 0. The van der Waals surface area contributed by atoms with Gasteiger partial charge in [-0.15, -0.1) is 0 Å². The van der Waals surface area contributed by atoms with Crippen molar-refractivity contribution in [1.29, 1.82) is 0 Å². The minimum Gasteiger partial charge on any atom is -0.0673 e. The van der Waals surface area contributed by atoms with E-state index in [0.29, 0.717) is 0 Å². The van der Waals surface area contributed by atoms with E-state index in [1.807, 2.05) is 11.1 Å². The van der Waals surface area contributed by atoms with Gasteiger partial charge in [0, 0.05) is 0 Å². The Morgan fingerprint density at radius 2 is 1.10 bits per heavy atom. The Balaban J connectivity index is 2.08. The topological polar surface area (TPSA) is 0 Å². The molecule has 0 nitrogen and oxygen atoms in total. The molecular weight excluding hydrogens is 120 g/mol. The SMILES string of the molecule is C1CC2=C1C1CCC2CC1. The first-order valence-corrected chi connectivity index (χ1v) is 4.67. The maximum absolute atomic E-state index is 1.91. The molecule has 0 N–H and O–H groups in total. The molecule has 0 spiro atoms. The molecule has 0 aromatic rings. The fourth-order valence-corrected chi connectivity index (χ4v) is 3.14. The molecule has 4 aliphatic rings. The van der Waals surface area contributed by atoms with Crippen LogP contribution in [0.2, 0.25) is 0 Å². The molecule has 4 aliphatic carbocycles. The van der Waals surface area contributed by atoms with Gasteiger partial charge >= 0.3 is 0 Å². The molecule has 0 amide bonds. The van der Waals surface area contributed by atoms with Gasteiger partial charge in [-0.05, 0) is 50.4 Å². The van der Waals surface area contributed by atoms with Crippen molar-refractivity contribution < 1.29 is 0 Å². The minimum atomic E-state index is 1.06. The summed E-state index contributed by atoms with van der Waals surface area (Å²) in [7, 11) is 0. The molecule has 0 unspecified atom stereocenters. The zero-order valence-electron chi connectivity index (χ0n) is 6.40. The third-order valence-corrected chi connectivity index (χ3v) is 3.79. The van der Waals surface area contributed by atoms with Crippen molar-refractivity contribution in [2.24, 2.45) is 11.8 Å². The van der Waals surface area contributed by atoms with Gasteiger partial charge in [0.25, 0.3) is 0 Å². The Bertz CT molecular complexity index is 170. The van der Waals surface area contributed by atoms with Crippen LogP contribution in [0.3, 0.4) is 0 Å². The number of hydrogen-bond acceptors (Lipinski definition) is 0. The first kappa shape index (κ1) is 5.40. The quantitative estimate of drug-likeness (QED) is 0.447. The summed E-state index contributed by atoms with van der Waals surface area (Å²) in [5.41, 5.74) is 3.81. The van der Waals surface area contributed by atoms with Crippen LogP contribution in [0, 0.1) is 11.8 Å². The molecule has 0 aromatic heterocycles. The second-order valence-electron chi connectivity index (χ2n) is 4.10. The van der Waals surface area contributed by atoms with E-state index >= 15 is 0 Å². The summed E-state index contributed by atoms with van der Waals surface area (Å²) in [6.45, 7) is 0. The Hall–Kier alpha value is -0.260. The van der Waals surface area contributed by atoms with Crippen LogP contribution in [0.25, 0.3) is 0 Å². The van der Waals surface area contributed by atoms with Gasteiger partial charge in [-0.3, -0.25) is 0 Å². The van der Waals surface area contributed by atoms with E-state index in [-0.39, 0.29) is 0 Å². The normalized spacial score (nSPS) is 43.2. The molecule has 0 heterocycles. The van der Waals surface area contributed by atoms with Gasteiger partial charge in [-0.1, -0.05) is 11.1 Å². The molecule has 54 valence electrons. The number of fused-ring (bicyclic) bond motifs is 2. The van der Waals surface area contributed by atoms with Crippen LogP contribution in [0.15, 0.2) is 11.1 Å². The van der Waals surface area contributed by atoms with E-state index < -0.39 is 0 Å². The van der Waals surface area contributed by atoms with Gasteiger partial charge in [0.1, 0.15) is 0 Å². The van der Waals surface area contributed by atoms with Crippen molar-refractivity contribution in [3.63, 3.8) is 0 Å². The van der Waals surface area contributed by atoms with Crippen LogP contribution in [-0.2, 0) is 0 Å². The lowest BCUT2D eigenvalue weighted by molar-refractivity contribution is 0.258. The highest BCUT2D eigenvalue weighted by Gasteiger charge is 2.38. The van der Waals surface area contributed by atoms with Crippen LogP contribution < -0.4 is 0 Å². The van der Waals surface area contributed by atoms with Gasteiger partial charge in [-0.2, -0.15) is 0 Å². The van der Waals surface area contributed by atoms with E-state index in [2.05, 4.69) is 0 Å². The van der Waals surface area contributed by atoms with E-state index in [9.17, 15) is 0 Å². The van der Waals surface area contributed by atoms with Crippen LogP contribution in [0.4, 0.5) is 0 Å². The smallest absolute Gasteiger partial charge is 0.0200 e. The van der Waals surface area contributed by atoms with Gasteiger partial charge in [0.15, 0.2) is 0 Å². The summed E-state index contributed by atoms with van der Waals surface area (Å²) >= 11 is 0. The highest BCUT2D eigenvalue weighted by molar-refractivity contribution is 5.33. The van der Waals surface area contributed by atoms with Crippen LogP contribution in [0.1, 0.15) is 38.5 Å². The van der Waals surface area contributed by atoms with Crippen LogP contribution in [0.5, 0.6) is 0 Å². The highest BCUT2D eigenvalue weighted by Crippen LogP contribution is 2.53. The molecule has 1 saturated carbocycles. The van der Waals surface area contributed by atoms with E-state index in [1.54, 1.807) is 0 Å². The molecule has 10 heavy (non-hydrogen) atoms. The van der Waals surface area contributed by atoms with Gasteiger partial charge in [-0.25, -0.2) is 0 Å². The van der Waals surface area contributed by atoms with E-state index in [4.69, 9.17) is 0 Å². The molecule has 0 saturated heterocycles. The molecule has 0 radical (unpaired) electrons. The lowest BCUT2D eigenvalue weighted by atomic mass is 9.60. The molecule has 1 fully saturated rings. The average Bonchev–Trinajstić information content (AvgIpc) is 1.88. The Labute approximate surface area is 62.3 Å². The minimum absolute atomic E-state index is 1.06. The monoisotopic (exact) mass is 134 g/mol. The molecular formula is C10H14. The van der Waals surface area contributed by atoms with Gasteiger partial charge in [0.05, 0.1) is 0 Å². The summed E-state index contributed by atoms with van der Waals surface area (Å²) in [5, 5.41) is 0. The highest BCUT2D eigenvalue weighted by atomic mass is 14.4. The van der Waals surface area contributed by atoms with E-state index in [1.165, 1.54) is 38.5 Å². The standard InChI is InChI=1S/C10H14/c1-2-8-4-3-7(1)9-5-6-10(8)9/h7-8H,1-6H2. The zero-order valence-corrected chi connectivity index (χ0v) is 6.40. The third-order valence-electron chi connectivity index (χ3n) is 3.79. The summed E-state index contributed by atoms with van der Waals surface area (Å²) in [6.07, 6.45) is 9.06. The average molecular weight is 134 g/mol. The Kier molecular flexibility index (Phi) is 0.898. The van der Waals surface area contributed by atoms with Crippen molar-refractivity contribution >= 4 is 0 Å². The van der Waals surface area contributed by atoms with Gasteiger partial charge < -0.3 is 0 Å². The molecule has 0 aliphatic heterocycles. The zero-order chi connectivity index (χ0) is 6.55. The molecule has 0 aromatic carbocycles. The molecule has 4 rings (SSSR count). The first-order valence-electron chi connectivity index (χ1n) is 4.67. The molecule has 0 atom stereocenters. The lowest BCUT2D eigenvalue weighted by Gasteiger charge is -2.45. The largest absolute Gasteiger partial charge is 0.0673 e. The summed E-state index contributed by atoms with van der Waals surface area (Å²) in [6, 6.07) is 0. The molecule has 0 heteroatoms. The van der Waals surface area contributed by atoms with Crippen molar-refractivity contribution in [2.75, 3.05) is 0 Å². The van der Waals surface area contributed by atoms with Crippen LogP contribution in [-0.4, -0.2) is 0 Å². The second-order valence-corrected chi connectivity index (χ2v) is 4.10. The fourth-order valence-electron chi connectivity index (χ4n) is 3.14. The number of hydrogen-bond donors (Lipinski definition) is 0. The second kappa shape index (κ2) is 1.66. The van der Waals surface area contributed by atoms with Crippen molar-refractivity contribution in [3.8, 4) is 0 Å². The lowest BCUT2D eigenvalue weighted by Crippen LogP contribution is -2.31. The Morgan fingerprint density at radius 3 is 1.30 bits per heavy atom. The van der Waals surface area contributed by atoms with Gasteiger partial charge in [0.2, 0.25) is 0 Å². The molecule has 2 bridgehead atoms. The van der Waals surface area contributed by atoms with Crippen molar-refractivity contribution in [1.82, 2.24) is 0 Å². The predicted molar refractivity (Wildman–Crippen MR) is 41.7 cm³/mol. The Morgan fingerprint density at radius 1 is 0.700 bits per heavy atom. The number of rotatable bonds is 0. The number of allylic oxidation sites excluding steroid dienone is 2. The maximum atomic E-state index is 1.91. The van der Waals surface area contributed by atoms with Crippen molar-refractivity contribution in [3.05, 3.63) is 11.1 Å². The first-order chi connectivity index (χ1) is 4.95. The predicted octanol–water partition coefficient (Wildman–Crippen LogP) is 2.90. The van der Waals surface area contributed by atoms with Crippen LogP contribution >= 0.6 is 0 Å². The summed E-state index contributed by atoms with van der Waals surface area (Å²) in [5.74, 6) is 2.13.